The van der Waals surface area contributed by atoms with E-state index in [0.717, 1.165) is 137 Å². The summed E-state index contributed by atoms with van der Waals surface area (Å²) >= 11 is 12.5. The molecular formula is C45H59Cl2N11O4. The number of likely N-dealkylation sites (tertiary alicyclic amines) is 1. The summed E-state index contributed by atoms with van der Waals surface area (Å²) in [4.78, 5) is 26.3. The second kappa shape index (κ2) is 21.2. The number of nitrogens with two attached hydrogens (primary N) is 1. The van der Waals surface area contributed by atoms with Gasteiger partial charge in [0, 0.05) is 78.7 Å². The number of nitrogen functional groups attached to an aromatic ring is 1. The van der Waals surface area contributed by atoms with Gasteiger partial charge < -0.3 is 50.4 Å². The normalized spacial score (nSPS) is 18.1. The minimum atomic E-state index is 0.304. The van der Waals surface area contributed by atoms with Crippen LogP contribution in [0.2, 0.25) is 10.0 Å². The van der Waals surface area contributed by atoms with E-state index in [2.05, 4.69) is 30.7 Å². The van der Waals surface area contributed by atoms with Crippen LogP contribution in [-0.4, -0.2) is 129 Å². The highest BCUT2D eigenvalue weighted by molar-refractivity contribution is 6.31. The molecule has 0 radical (unpaired) electrons. The van der Waals surface area contributed by atoms with Crippen LogP contribution in [0.5, 0.6) is 11.5 Å². The molecule has 0 bridgehead atoms. The predicted molar refractivity (Wildman–Crippen MR) is 250 cm³/mol. The Bertz CT molecular complexity index is 2240. The first kappa shape index (κ1) is 44.0. The number of fused-ring (bicyclic) bond motifs is 2. The number of rotatable bonds is 12. The van der Waals surface area contributed by atoms with Gasteiger partial charge in [-0.05, 0) is 107 Å². The summed E-state index contributed by atoms with van der Waals surface area (Å²) < 4.78 is 22.6. The van der Waals surface area contributed by atoms with E-state index < -0.39 is 0 Å². The van der Waals surface area contributed by atoms with E-state index in [4.69, 9.17) is 67.8 Å². The van der Waals surface area contributed by atoms with Gasteiger partial charge in [0.1, 0.15) is 28.8 Å². The molecule has 0 amide bonds. The summed E-state index contributed by atoms with van der Waals surface area (Å²) in [6.07, 6.45) is 4.19. The van der Waals surface area contributed by atoms with Crippen molar-refractivity contribution in [3.63, 3.8) is 0 Å². The highest BCUT2D eigenvalue weighted by Gasteiger charge is 2.24. The number of piperidine rings is 2. The van der Waals surface area contributed by atoms with E-state index in [1.807, 2.05) is 62.4 Å². The van der Waals surface area contributed by atoms with Gasteiger partial charge in [-0.2, -0.15) is 9.97 Å². The molecule has 4 aliphatic rings. The topological polar surface area (TPSA) is 160 Å². The molecule has 17 heteroatoms. The van der Waals surface area contributed by atoms with Crippen LogP contribution in [-0.2, 0) is 16.0 Å². The van der Waals surface area contributed by atoms with Gasteiger partial charge in [0.2, 0.25) is 11.9 Å². The third-order valence-corrected chi connectivity index (χ3v) is 12.1. The van der Waals surface area contributed by atoms with Gasteiger partial charge in [-0.3, -0.25) is 4.90 Å². The smallest absolute Gasteiger partial charge is 0.225 e. The summed E-state index contributed by atoms with van der Waals surface area (Å²) in [5.41, 5.74) is 9.77. The van der Waals surface area contributed by atoms with Crippen LogP contribution in [0.15, 0.2) is 48.5 Å². The molecule has 5 N–H and O–H groups in total. The molecule has 5 aromatic rings. The van der Waals surface area contributed by atoms with Gasteiger partial charge in [0.15, 0.2) is 0 Å². The molecule has 6 heterocycles. The molecule has 4 fully saturated rings. The highest BCUT2D eigenvalue weighted by atomic mass is 35.5. The van der Waals surface area contributed by atoms with Crippen LogP contribution in [0.1, 0.15) is 45.1 Å². The average Bonchev–Trinajstić information content (AvgIpc) is 3.29. The lowest BCUT2D eigenvalue weighted by molar-refractivity contribution is 0.122. The van der Waals surface area contributed by atoms with Gasteiger partial charge in [-0.15, -0.1) is 0 Å². The van der Waals surface area contributed by atoms with Crippen molar-refractivity contribution in [3.8, 4) is 11.5 Å². The fourth-order valence-corrected chi connectivity index (χ4v) is 8.80. The molecule has 4 saturated heterocycles. The first-order valence-corrected chi connectivity index (χ1v) is 22.8. The van der Waals surface area contributed by atoms with Crippen molar-refractivity contribution in [2.45, 2.75) is 58.2 Å². The Morgan fingerprint density at radius 3 is 1.60 bits per heavy atom. The van der Waals surface area contributed by atoms with Crippen molar-refractivity contribution in [3.05, 3.63) is 64.1 Å². The zero-order chi connectivity index (χ0) is 42.8. The molecule has 0 aliphatic carbocycles. The van der Waals surface area contributed by atoms with Crippen molar-refractivity contribution in [2.24, 2.45) is 0 Å². The second-order valence-corrected chi connectivity index (χ2v) is 16.9. The number of morpholine rings is 2. The molecule has 0 atom stereocenters. The average molecular weight is 889 g/mol. The fourth-order valence-electron chi connectivity index (χ4n) is 8.45. The number of anilines is 5. The molecule has 9 rings (SSSR count). The number of hydrogen-bond acceptors (Lipinski definition) is 15. The SMILES string of the molecule is CCOc1cc(CN2CCC(Nc3nc(N4CCOCC4)c4cc(Cl)ccc4n3)CC2)cc(OCC)c1N.Clc1ccc2nc(NC3CCNCC3)nc(N3CCOCC3)c2c1. The summed E-state index contributed by atoms with van der Waals surface area (Å²) in [6.45, 7) is 16.0. The van der Waals surface area contributed by atoms with Crippen LogP contribution >= 0.6 is 23.2 Å². The zero-order valence-corrected chi connectivity index (χ0v) is 37.3. The van der Waals surface area contributed by atoms with Gasteiger partial charge in [0.05, 0.1) is 50.7 Å². The number of aromatic nitrogens is 4. The Morgan fingerprint density at radius 1 is 0.661 bits per heavy atom. The maximum Gasteiger partial charge on any atom is 0.225 e. The van der Waals surface area contributed by atoms with Gasteiger partial charge in [0.25, 0.3) is 0 Å². The van der Waals surface area contributed by atoms with Crippen LogP contribution in [0.3, 0.4) is 0 Å². The fraction of sp³-hybridized carbons (Fsp3) is 0.511. The molecule has 0 unspecified atom stereocenters. The van der Waals surface area contributed by atoms with Crippen molar-refractivity contribution in [1.29, 1.82) is 0 Å². The number of halogens is 2. The van der Waals surface area contributed by atoms with Gasteiger partial charge in [-0.1, -0.05) is 23.2 Å². The standard InChI is InChI=1S/C28H37ClN6O3.C17H22ClN5O/c1-3-37-24-15-19(16-25(26(24)30)38-4-2)18-34-9-7-21(8-10-34)31-28-32-23-6-5-20(29)17-22(23)27(33-28)35-11-13-36-14-12-35;18-12-1-2-15-14(11-12)16(23-7-9-24-10-8-23)22-17(21-15)20-13-3-5-19-6-4-13/h5-6,15-17,21H,3-4,7-14,18,30H2,1-2H3,(H,31,32,33);1-2,11,13,19H,3-10H2,(H,20,21,22). The van der Waals surface area contributed by atoms with Crippen LogP contribution in [0.25, 0.3) is 21.8 Å². The third-order valence-electron chi connectivity index (χ3n) is 11.7. The van der Waals surface area contributed by atoms with Crippen LogP contribution in [0.4, 0.5) is 29.2 Å². The first-order chi connectivity index (χ1) is 30.3. The third kappa shape index (κ3) is 11.1. The van der Waals surface area contributed by atoms with Crippen molar-refractivity contribution >= 4 is 74.2 Å². The second-order valence-electron chi connectivity index (χ2n) is 16.0. The Kier molecular flexibility index (Phi) is 15.0. The quantitative estimate of drug-likeness (QED) is 0.0962. The van der Waals surface area contributed by atoms with E-state index in [-0.39, 0.29) is 0 Å². The number of nitrogens with zero attached hydrogens (tertiary/aromatic N) is 7. The van der Waals surface area contributed by atoms with Crippen molar-refractivity contribution in [1.82, 2.24) is 30.2 Å². The van der Waals surface area contributed by atoms with Crippen LogP contribution < -0.4 is 41.0 Å². The minimum Gasteiger partial charge on any atom is -0.492 e. The zero-order valence-electron chi connectivity index (χ0n) is 35.8. The first-order valence-electron chi connectivity index (χ1n) is 22.1. The highest BCUT2D eigenvalue weighted by Crippen LogP contribution is 2.35. The van der Waals surface area contributed by atoms with Crippen molar-refractivity contribution < 1.29 is 18.9 Å². The number of benzene rings is 3. The molecule has 62 heavy (non-hydrogen) atoms. The largest absolute Gasteiger partial charge is 0.492 e. The Hall–Kier alpha value is -4.64. The monoisotopic (exact) mass is 887 g/mol. The Labute approximate surface area is 373 Å². The van der Waals surface area contributed by atoms with E-state index in [9.17, 15) is 0 Å². The summed E-state index contributed by atoms with van der Waals surface area (Å²) in [5, 5.41) is 13.9. The van der Waals surface area contributed by atoms with Gasteiger partial charge in [-0.25, -0.2) is 9.97 Å². The Balaban J connectivity index is 0.000000189. The van der Waals surface area contributed by atoms with E-state index in [1.54, 1.807) is 0 Å². The molecule has 0 saturated carbocycles. The molecule has 0 spiro atoms. The minimum absolute atomic E-state index is 0.304. The Morgan fingerprint density at radius 2 is 1.13 bits per heavy atom. The maximum atomic E-state index is 6.31. The molecule has 3 aromatic carbocycles. The molecular weight excluding hydrogens is 829 g/mol. The predicted octanol–water partition coefficient (Wildman–Crippen LogP) is 6.86. The molecule has 2 aromatic heterocycles. The summed E-state index contributed by atoms with van der Waals surface area (Å²) in [7, 11) is 0. The molecule has 332 valence electrons. The molecule has 15 nitrogen and oxygen atoms in total. The van der Waals surface area contributed by atoms with E-state index >= 15 is 0 Å². The van der Waals surface area contributed by atoms with E-state index in [1.165, 1.54) is 0 Å². The lowest BCUT2D eigenvalue weighted by Gasteiger charge is -2.33. The number of hydrogen-bond donors (Lipinski definition) is 4. The number of nitrogens with one attached hydrogen (secondary N) is 3. The summed E-state index contributed by atoms with van der Waals surface area (Å²) in [5.74, 6) is 4.62. The van der Waals surface area contributed by atoms with Crippen LogP contribution in [0, 0.1) is 0 Å². The lowest BCUT2D eigenvalue weighted by Crippen LogP contribution is -2.39. The lowest BCUT2D eigenvalue weighted by atomic mass is 10.0. The molecule has 4 aliphatic heterocycles. The van der Waals surface area contributed by atoms with E-state index in [0.29, 0.717) is 77.6 Å². The van der Waals surface area contributed by atoms with Crippen molar-refractivity contribution in [2.75, 3.05) is 118 Å². The maximum absolute atomic E-state index is 6.31. The number of ether oxygens (including phenoxy) is 4. The summed E-state index contributed by atoms with van der Waals surface area (Å²) in [6, 6.07) is 16.4. The van der Waals surface area contributed by atoms with Gasteiger partial charge >= 0.3 is 0 Å².